The molecular weight excluding hydrogens is 296 g/mol. The monoisotopic (exact) mass is 318 g/mol. The van der Waals surface area contributed by atoms with Crippen LogP contribution >= 0.6 is 0 Å². The number of carboxylic acids is 1. The van der Waals surface area contributed by atoms with Gasteiger partial charge in [-0.1, -0.05) is 6.92 Å². The van der Waals surface area contributed by atoms with E-state index < -0.39 is 21.5 Å². The fourth-order valence-corrected chi connectivity index (χ4v) is 3.29. The quantitative estimate of drug-likeness (QED) is 0.700. The van der Waals surface area contributed by atoms with E-state index in [1.807, 2.05) is 0 Å². The normalized spacial score (nSPS) is 15.1. The van der Waals surface area contributed by atoms with Gasteiger partial charge >= 0.3 is 5.97 Å². The maximum absolute atomic E-state index is 12.3. The SMILES string of the molecule is CCC(C)(CO)NS(=O)(=O)c1cc(C(=O)O)n(C(C)C)c1. The number of carboxylic acid groups (broad SMARTS) is 1. The molecule has 0 aromatic carbocycles. The van der Waals surface area contributed by atoms with Crippen LogP contribution in [0.5, 0.6) is 0 Å². The highest BCUT2D eigenvalue weighted by molar-refractivity contribution is 7.89. The van der Waals surface area contributed by atoms with Crippen molar-refractivity contribution in [2.45, 2.75) is 50.6 Å². The molecule has 0 radical (unpaired) electrons. The second-order valence-electron chi connectivity index (χ2n) is 5.55. The summed E-state index contributed by atoms with van der Waals surface area (Å²) in [5.74, 6) is -1.19. The maximum atomic E-state index is 12.3. The van der Waals surface area contributed by atoms with Crippen LogP contribution in [0, 0.1) is 0 Å². The minimum Gasteiger partial charge on any atom is -0.477 e. The summed E-state index contributed by atoms with van der Waals surface area (Å²) in [6, 6.07) is 0.938. The van der Waals surface area contributed by atoms with Crippen LogP contribution in [0.15, 0.2) is 17.2 Å². The Kier molecular flexibility index (Phi) is 5.19. The van der Waals surface area contributed by atoms with Crippen LogP contribution in [0.4, 0.5) is 0 Å². The van der Waals surface area contributed by atoms with Crippen molar-refractivity contribution >= 4 is 16.0 Å². The second-order valence-corrected chi connectivity index (χ2v) is 7.23. The summed E-state index contributed by atoms with van der Waals surface area (Å²) in [5, 5.41) is 18.4. The van der Waals surface area contributed by atoms with Crippen molar-refractivity contribution in [3.05, 3.63) is 18.0 Å². The van der Waals surface area contributed by atoms with Crippen molar-refractivity contribution in [2.24, 2.45) is 0 Å². The van der Waals surface area contributed by atoms with E-state index in [0.717, 1.165) is 6.07 Å². The van der Waals surface area contributed by atoms with E-state index in [0.29, 0.717) is 6.42 Å². The summed E-state index contributed by atoms with van der Waals surface area (Å²) >= 11 is 0. The molecule has 0 amide bonds. The van der Waals surface area contributed by atoms with Gasteiger partial charge in [-0.25, -0.2) is 17.9 Å². The maximum Gasteiger partial charge on any atom is 0.352 e. The predicted octanol–water partition coefficient (Wildman–Crippen LogP) is 1.21. The number of aromatic carboxylic acids is 1. The van der Waals surface area contributed by atoms with E-state index in [2.05, 4.69) is 4.72 Å². The summed E-state index contributed by atoms with van der Waals surface area (Å²) in [6.45, 7) is 6.52. The number of aliphatic hydroxyl groups excluding tert-OH is 1. The molecule has 3 N–H and O–H groups in total. The van der Waals surface area contributed by atoms with Crippen LogP contribution < -0.4 is 4.72 Å². The van der Waals surface area contributed by atoms with E-state index in [1.165, 1.54) is 10.8 Å². The van der Waals surface area contributed by atoms with Gasteiger partial charge in [0.15, 0.2) is 0 Å². The van der Waals surface area contributed by atoms with E-state index in [-0.39, 0.29) is 23.2 Å². The van der Waals surface area contributed by atoms with Crippen LogP contribution in [-0.4, -0.2) is 41.3 Å². The number of rotatable bonds is 7. The number of hydrogen-bond donors (Lipinski definition) is 3. The molecule has 1 rings (SSSR count). The molecule has 0 aliphatic carbocycles. The van der Waals surface area contributed by atoms with Gasteiger partial charge in [-0.3, -0.25) is 0 Å². The Balaban J connectivity index is 3.27. The predicted molar refractivity (Wildman–Crippen MR) is 77.9 cm³/mol. The van der Waals surface area contributed by atoms with Crippen molar-refractivity contribution in [2.75, 3.05) is 6.61 Å². The van der Waals surface area contributed by atoms with Gasteiger partial charge in [0.05, 0.1) is 12.1 Å². The molecule has 1 atom stereocenters. The third-order valence-electron chi connectivity index (χ3n) is 3.42. The first-order valence-corrected chi connectivity index (χ1v) is 8.14. The topological polar surface area (TPSA) is 109 Å². The van der Waals surface area contributed by atoms with Crippen molar-refractivity contribution < 1.29 is 23.4 Å². The lowest BCUT2D eigenvalue weighted by atomic mass is 10.0. The van der Waals surface area contributed by atoms with Gasteiger partial charge in [-0.15, -0.1) is 0 Å². The first kappa shape index (κ1) is 17.7. The smallest absolute Gasteiger partial charge is 0.352 e. The van der Waals surface area contributed by atoms with Gasteiger partial charge in [0.2, 0.25) is 10.0 Å². The molecule has 7 nitrogen and oxygen atoms in total. The summed E-state index contributed by atoms with van der Waals surface area (Å²) in [6.07, 6.45) is 1.70. The van der Waals surface area contributed by atoms with Crippen molar-refractivity contribution in [3.63, 3.8) is 0 Å². The molecule has 0 fully saturated rings. The van der Waals surface area contributed by atoms with Crippen LogP contribution in [0.2, 0.25) is 0 Å². The average molecular weight is 318 g/mol. The molecule has 1 heterocycles. The molecule has 0 saturated heterocycles. The summed E-state index contributed by atoms with van der Waals surface area (Å²) in [5.41, 5.74) is -1.07. The standard InChI is InChI=1S/C13H22N2O5S/c1-5-13(4,8-16)14-21(19,20)10-6-11(12(17)18)15(7-10)9(2)3/h6-7,9,14,16H,5,8H2,1-4H3,(H,17,18). The van der Waals surface area contributed by atoms with Gasteiger partial charge in [0, 0.05) is 12.2 Å². The molecule has 1 aromatic rings. The molecule has 1 unspecified atom stereocenters. The third kappa shape index (κ3) is 3.84. The number of sulfonamides is 1. The molecule has 21 heavy (non-hydrogen) atoms. The summed E-state index contributed by atoms with van der Waals surface area (Å²) in [7, 11) is -3.91. The lowest BCUT2D eigenvalue weighted by molar-refractivity contribution is 0.0683. The Morgan fingerprint density at radius 1 is 1.48 bits per heavy atom. The van der Waals surface area contributed by atoms with Gasteiger partial charge in [0.25, 0.3) is 0 Å². The van der Waals surface area contributed by atoms with Crippen LogP contribution in [0.1, 0.15) is 50.6 Å². The number of nitrogens with zero attached hydrogens (tertiary/aromatic N) is 1. The van der Waals surface area contributed by atoms with Gasteiger partial charge in [0.1, 0.15) is 10.6 Å². The van der Waals surface area contributed by atoms with Crippen molar-refractivity contribution in [1.29, 1.82) is 0 Å². The fraction of sp³-hybridized carbons (Fsp3) is 0.615. The lowest BCUT2D eigenvalue weighted by Gasteiger charge is -2.26. The largest absolute Gasteiger partial charge is 0.477 e. The third-order valence-corrected chi connectivity index (χ3v) is 5.02. The number of hydrogen-bond acceptors (Lipinski definition) is 4. The van der Waals surface area contributed by atoms with E-state index in [4.69, 9.17) is 5.11 Å². The molecule has 8 heteroatoms. The first-order chi connectivity index (χ1) is 9.56. The number of aliphatic hydroxyl groups is 1. The lowest BCUT2D eigenvalue weighted by Crippen LogP contribution is -2.48. The summed E-state index contributed by atoms with van der Waals surface area (Å²) in [4.78, 5) is 11.1. The highest BCUT2D eigenvalue weighted by atomic mass is 32.2. The first-order valence-electron chi connectivity index (χ1n) is 6.66. The fourth-order valence-electron chi connectivity index (χ4n) is 1.80. The van der Waals surface area contributed by atoms with Gasteiger partial charge < -0.3 is 14.8 Å². The molecule has 0 saturated carbocycles. The van der Waals surface area contributed by atoms with Crippen LogP contribution in [-0.2, 0) is 10.0 Å². The zero-order valence-corrected chi connectivity index (χ0v) is 13.4. The number of carbonyl (C=O) groups is 1. The molecule has 0 aliphatic rings. The van der Waals surface area contributed by atoms with Gasteiger partial charge in [-0.05, 0) is 33.3 Å². The molecule has 0 spiro atoms. The Hall–Kier alpha value is -1.38. The number of aromatic nitrogens is 1. The highest BCUT2D eigenvalue weighted by Gasteiger charge is 2.30. The Bertz CT molecular complexity index is 615. The Morgan fingerprint density at radius 3 is 2.38 bits per heavy atom. The molecule has 0 bridgehead atoms. The Labute approximate surface area is 124 Å². The van der Waals surface area contributed by atoms with E-state index >= 15 is 0 Å². The van der Waals surface area contributed by atoms with E-state index in [1.54, 1.807) is 27.7 Å². The number of nitrogens with one attached hydrogen (secondary N) is 1. The van der Waals surface area contributed by atoms with Crippen LogP contribution in [0.25, 0.3) is 0 Å². The highest BCUT2D eigenvalue weighted by Crippen LogP contribution is 2.21. The average Bonchev–Trinajstić information content (AvgIpc) is 2.84. The summed E-state index contributed by atoms with van der Waals surface area (Å²) < 4.78 is 28.5. The molecule has 120 valence electrons. The zero-order valence-electron chi connectivity index (χ0n) is 12.6. The minimum absolute atomic E-state index is 0.0902. The molecular formula is C13H22N2O5S. The van der Waals surface area contributed by atoms with E-state index in [9.17, 15) is 18.3 Å². The molecule has 1 aromatic heterocycles. The van der Waals surface area contributed by atoms with Crippen molar-refractivity contribution in [1.82, 2.24) is 9.29 Å². The minimum atomic E-state index is -3.91. The van der Waals surface area contributed by atoms with Crippen LogP contribution in [0.3, 0.4) is 0 Å². The van der Waals surface area contributed by atoms with Crippen molar-refractivity contribution in [3.8, 4) is 0 Å². The van der Waals surface area contributed by atoms with Gasteiger partial charge in [-0.2, -0.15) is 0 Å². The zero-order chi connectivity index (χ0) is 16.4. The second kappa shape index (κ2) is 6.17. The molecule has 0 aliphatic heterocycles. The Morgan fingerprint density at radius 2 is 2.05 bits per heavy atom.